The van der Waals surface area contributed by atoms with Crippen molar-refractivity contribution >= 4 is 5.91 Å². The van der Waals surface area contributed by atoms with Gasteiger partial charge in [-0.2, -0.15) is 13.2 Å². The smallest absolute Gasteiger partial charge is 0.401 e. The number of rotatable bonds is 6. The maximum atomic E-state index is 12.2. The molecule has 1 aromatic rings. The molecule has 0 spiro atoms. The van der Waals surface area contributed by atoms with Crippen molar-refractivity contribution < 1.29 is 27.4 Å². The Balaban J connectivity index is 3.05. The SMILES string of the molecule is COc1ccc(C(NCC(F)(F)F)C(N)=O)c(OC)c1. The quantitative estimate of drug-likeness (QED) is 0.831. The Labute approximate surface area is 113 Å². The Morgan fingerprint density at radius 3 is 2.45 bits per heavy atom. The van der Waals surface area contributed by atoms with Crippen LogP contribution >= 0.6 is 0 Å². The summed E-state index contributed by atoms with van der Waals surface area (Å²) in [4.78, 5) is 11.3. The summed E-state index contributed by atoms with van der Waals surface area (Å²) in [7, 11) is 2.77. The average molecular weight is 292 g/mol. The number of primary amides is 1. The molecular formula is C12H15F3N2O3. The summed E-state index contributed by atoms with van der Waals surface area (Å²) >= 11 is 0. The summed E-state index contributed by atoms with van der Waals surface area (Å²) in [5.74, 6) is -0.273. The van der Waals surface area contributed by atoms with Crippen LogP contribution in [0.15, 0.2) is 18.2 Å². The van der Waals surface area contributed by atoms with Gasteiger partial charge in [-0.15, -0.1) is 0 Å². The molecule has 0 bridgehead atoms. The van der Waals surface area contributed by atoms with E-state index < -0.39 is 24.7 Å². The molecule has 1 unspecified atom stereocenters. The second kappa shape index (κ2) is 6.47. The van der Waals surface area contributed by atoms with Gasteiger partial charge in [-0.05, 0) is 12.1 Å². The van der Waals surface area contributed by atoms with Crippen molar-refractivity contribution in [3.63, 3.8) is 0 Å². The molecule has 1 atom stereocenters. The molecule has 3 N–H and O–H groups in total. The Kier molecular flexibility index (Phi) is 5.20. The first-order chi connectivity index (χ1) is 9.28. The zero-order valence-electron chi connectivity index (χ0n) is 11.0. The highest BCUT2D eigenvalue weighted by molar-refractivity contribution is 5.82. The number of halogens is 3. The molecule has 1 amide bonds. The van der Waals surface area contributed by atoms with Crippen LogP contribution in [-0.2, 0) is 4.79 Å². The third kappa shape index (κ3) is 4.30. The van der Waals surface area contributed by atoms with Crippen molar-refractivity contribution in [2.45, 2.75) is 12.2 Å². The molecule has 0 aliphatic carbocycles. The number of alkyl halides is 3. The largest absolute Gasteiger partial charge is 0.497 e. The third-order valence-corrected chi connectivity index (χ3v) is 2.54. The first-order valence-electron chi connectivity index (χ1n) is 5.60. The molecule has 1 rings (SSSR count). The summed E-state index contributed by atoms with van der Waals surface area (Å²) in [5.41, 5.74) is 5.35. The van der Waals surface area contributed by atoms with E-state index in [2.05, 4.69) is 5.32 Å². The lowest BCUT2D eigenvalue weighted by atomic mass is 10.0. The molecule has 0 aliphatic heterocycles. The summed E-state index contributed by atoms with van der Waals surface area (Å²) in [5, 5.41) is 2.07. The van der Waals surface area contributed by atoms with Crippen LogP contribution < -0.4 is 20.5 Å². The van der Waals surface area contributed by atoms with Crippen molar-refractivity contribution in [3.8, 4) is 11.5 Å². The fourth-order valence-corrected chi connectivity index (χ4v) is 1.64. The number of nitrogens with one attached hydrogen (secondary N) is 1. The molecule has 0 saturated carbocycles. The highest BCUT2D eigenvalue weighted by atomic mass is 19.4. The molecule has 5 nitrogen and oxygen atoms in total. The maximum absolute atomic E-state index is 12.2. The number of methoxy groups -OCH3 is 2. The monoisotopic (exact) mass is 292 g/mol. The van der Waals surface area contributed by atoms with Crippen molar-refractivity contribution in [2.24, 2.45) is 5.73 Å². The summed E-state index contributed by atoms with van der Waals surface area (Å²) in [6, 6.07) is 3.08. The Hall–Kier alpha value is -1.96. The molecule has 0 saturated heterocycles. The zero-order chi connectivity index (χ0) is 15.3. The number of carbonyl (C=O) groups is 1. The van der Waals surface area contributed by atoms with Gasteiger partial charge >= 0.3 is 6.18 Å². The van der Waals surface area contributed by atoms with E-state index in [1.54, 1.807) is 0 Å². The van der Waals surface area contributed by atoms with Crippen LogP contribution in [0.1, 0.15) is 11.6 Å². The number of hydrogen-bond acceptors (Lipinski definition) is 4. The van der Waals surface area contributed by atoms with Crippen LogP contribution in [0.3, 0.4) is 0 Å². The molecule has 8 heteroatoms. The maximum Gasteiger partial charge on any atom is 0.401 e. The van der Waals surface area contributed by atoms with Gasteiger partial charge in [0.15, 0.2) is 0 Å². The number of amides is 1. The van der Waals surface area contributed by atoms with Gasteiger partial charge in [0.25, 0.3) is 0 Å². The highest BCUT2D eigenvalue weighted by Crippen LogP contribution is 2.30. The van der Waals surface area contributed by atoms with Gasteiger partial charge in [-0.1, -0.05) is 0 Å². The fraction of sp³-hybridized carbons (Fsp3) is 0.417. The van der Waals surface area contributed by atoms with Gasteiger partial charge in [-0.3, -0.25) is 10.1 Å². The molecule has 1 aromatic carbocycles. The zero-order valence-corrected chi connectivity index (χ0v) is 11.0. The van der Waals surface area contributed by atoms with E-state index in [9.17, 15) is 18.0 Å². The predicted molar refractivity (Wildman–Crippen MR) is 65.5 cm³/mol. The molecule has 0 fully saturated rings. The van der Waals surface area contributed by atoms with E-state index in [4.69, 9.17) is 15.2 Å². The molecule has 0 aromatic heterocycles. The number of carbonyl (C=O) groups excluding carboxylic acids is 1. The summed E-state index contributed by atoms with van der Waals surface area (Å²) < 4.78 is 46.7. The lowest BCUT2D eigenvalue weighted by molar-refractivity contribution is -0.130. The van der Waals surface area contributed by atoms with E-state index in [0.29, 0.717) is 5.75 Å². The summed E-state index contributed by atoms with van der Waals surface area (Å²) in [6.07, 6.45) is -4.45. The molecule has 0 heterocycles. The van der Waals surface area contributed by atoms with Crippen LogP contribution in [0.5, 0.6) is 11.5 Å². The minimum atomic E-state index is -4.45. The van der Waals surface area contributed by atoms with E-state index in [1.165, 1.54) is 32.4 Å². The lowest BCUT2D eigenvalue weighted by Crippen LogP contribution is -2.39. The molecule has 112 valence electrons. The minimum absolute atomic E-state index is 0.211. The van der Waals surface area contributed by atoms with E-state index >= 15 is 0 Å². The Morgan fingerprint density at radius 1 is 1.35 bits per heavy atom. The van der Waals surface area contributed by atoms with Crippen LogP contribution in [0, 0.1) is 0 Å². The van der Waals surface area contributed by atoms with Crippen molar-refractivity contribution in [2.75, 3.05) is 20.8 Å². The van der Waals surface area contributed by atoms with Gasteiger partial charge < -0.3 is 15.2 Å². The topological polar surface area (TPSA) is 73.6 Å². The number of hydrogen-bond donors (Lipinski definition) is 2. The van der Waals surface area contributed by atoms with Gasteiger partial charge in [-0.25, -0.2) is 0 Å². The van der Waals surface area contributed by atoms with E-state index in [1.807, 2.05) is 0 Å². The number of nitrogens with two attached hydrogens (primary N) is 1. The summed E-state index contributed by atoms with van der Waals surface area (Å²) in [6.45, 7) is -1.34. The van der Waals surface area contributed by atoms with Crippen molar-refractivity contribution in [3.05, 3.63) is 23.8 Å². The van der Waals surface area contributed by atoms with Crippen molar-refractivity contribution in [1.82, 2.24) is 5.32 Å². The highest BCUT2D eigenvalue weighted by Gasteiger charge is 2.31. The van der Waals surface area contributed by atoms with Gasteiger partial charge in [0.2, 0.25) is 5.91 Å². The standard InChI is InChI=1S/C12H15F3N2O3/c1-19-7-3-4-8(9(5-7)20-2)10(11(16)18)17-6-12(13,14)15/h3-5,10,17H,6H2,1-2H3,(H2,16,18). The first-order valence-corrected chi connectivity index (χ1v) is 5.60. The van der Waals surface area contributed by atoms with Crippen LogP contribution in [0.2, 0.25) is 0 Å². The first kappa shape index (κ1) is 16.1. The average Bonchev–Trinajstić information content (AvgIpc) is 2.37. The molecular weight excluding hydrogens is 277 g/mol. The lowest BCUT2D eigenvalue weighted by Gasteiger charge is -2.19. The van der Waals surface area contributed by atoms with Crippen molar-refractivity contribution in [1.29, 1.82) is 0 Å². The normalized spacial score (nSPS) is 12.8. The van der Waals surface area contributed by atoms with Crippen LogP contribution in [-0.4, -0.2) is 32.8 Å². The number of ether oxygens (including phenoxy) is 2. The third-order valence-electron chi connectivity index (χ3n) is 2.54. The van der Waals surface area contributed by atoms with Crippen LogP contribution in [0.4, 0.5) is 13.2 Å². The predicted octanol–water partition coefficient (Wildman–Crippen LogP) is 1.38. The Bertz CT molecular complexity index is 478. The second-order valence-corrected chi connectivity index (χ2v) is 3.94. The fourth-order valence-electron chi connectivity index (χ4n) is 1.64. The van der Waals surface area contributed by atoms with Crippen LogP contribution in [0.25, 0.3) is 0 Å². The molecule has 0 radical (unpaired) electrons. The van der Waals surface area contributed by atoms with E-state index in [0.717, 1.165) is 0 Å². The number of benzene rings is 1. The molecule has 0 aliphatic rings. The van der Waals surface area contributed by atoms with Gasteiger partial charge in [0, 0.05) is 11.6 Å². The minimum Gasteiger partial charge on any atom is -0.497 e. The van der Waals surface area contributed by atoms with Gasteiger partial charge in [0.05, 0.1) is 20.8 Å². The Morgan fingerprint density at radius 2 is 2.00 bits per heavy atom. The second-order valence-electron chi connectivity index (χ2n) is 3.94. The van der Waals surface area contributed by atoms with E-state index in [-0.39, 0.29) is 11.3 Å². The molecule has 20 heavy (non-hydrogen) atoms. The van der Waals surface area contributed by atoms with Gasteiger partial charge in [0.1, 0.15) is 17.5 Å².